The van der Waals surface area contributed by atoms with Crippen molar-refractivity contribution in [1.82, 2.24) is 15.2 Å². The smallest absolute Gasteiger partial charge is 0.263 e. The summed E-state index contributed by atoms with van der Waals surface area (Å²) in [6.07, 6.45) is 8.78. The van der Waals surface area contributed by atoms with Crippen molar-refractivity contribution in [3.8, 4) is 6.07 Å². The van der Waals surface area contributed by atoms with Crippen molar-refractivity contribution in [2.24, 2.45) is 0 Å². The first kappa shape index (κ1) is 17.0. The number of nitrogens with zero attached hydrogens (tertiary/aromatic N) is 3. The molecule has 6 heteroatoms. The zero-order valence-corrected chi connectivity index (χ0v) is 13.1. The number of amides is 1. The summed E-state index contributed by atoms with van der Waals surface area (Å²) >= 11 is 0. The van der Waals surface area contributed by atoms with Gasteiger partial charge in [-0.25, -0.2) is 0 Å². The van der Waals surface area contributed by atoms with Crippen LogP contribution in [0.15, 0.2) is 36.3 Å². The number of piperidine rings is 1. The quantitative estimate of drug-likeness (QED) is 0.611. The van der Waals surface area contributed by atoms with Crippen molar-refractivity contribution in [3.05, 3.63) is 41.9 Å². The second kappa shape index (κ2) is 8.91. The molecule has 1 aromatic heterocycles. The number of rotatable bonds is 6. The Morgan fingerprint density at radius 1 is 1.57 bits per heavy atom. The molecule has 0 spiro atoms. The first-order valence-corrected chi connectivity index (χ1v) is 7.90. The summed E-state index contributed by atoms with van der Waals surface area (Å²) in [6, 6.07) is 5.84. The van der Waals surface area contributed by atoms with Gasteiger partial charge in [0.2, 0.25) is 0 Å². The number of hydrogen-bond donors (Lipinski definition) is 2. The predicted octanol–water partition coefficient (Wildman–Crippen LogP) is 1.34. The molecule has 23 heavy (non-hydrogen) atoms. The van der Waals surface area contributed by atoms with Gasteiger partial charge in [-0.2, -0.15) is 5.26 Å². The van der Waals surface area contributed by atoms with E-state index in [0.717, 1.165) is 31.4 Å². The lowest BCUT2D eigenvalue weighted by Gasteiger charge is -2.34. The zero-order chi connectivity index (χ0) is 16.5. The monoisotopic (exact) mass is 314 g/mol. The SMILES string of the molecule is N#C/C(=C/N1CCCCC1CCO)C(=O)NCc1cccnc1. The third-order valence-electron chi connectivity index (χ3n) is 3.97. The van der Waals surface area contributed by atoms with Crippen LogP contribution in [0, 0.1) is 11.3 Å². The summed E-state index contributed by atoms with van der Waals surface area (Å²) in [6.45, 7) is 1.27. The summed E-state index contributed by atoms with van der Waals surface area (Å²) in [5.41, 5.74) is 0.980. The molecule has 0 bridgehead atoms. The fourth-order valence-corrected chi connectivity index (χ4v) is 2.74. The van der Waals surface area contributed by atoms with E-state index >= 15 is 0 Å². The third-order valence-corrected chi connectivity index (χ3v) is 3.97. The fraction of sp³-hybridized carbons (Fsp3) is 0.471. The van der Waals surface area contributed by atoms with E-state index in [9.17, 15) is 10.1 Å². The van der Waals surface area contributed by atoms with Gasteiger partial charge < -0.3 is 15.3 Å². The lowest BCUT2D eigenvalue weighted by Crippen LogP contribution is -2.37. The van der Waals surface area contributed by atoms with Gasteiger partial charge in [0.25, 0.3) is 5.91 Å². The second-order valence-electron chi connectivity index (χ2n) is 5.60. The number of aromatic nitrogens is 1. The van der Waals surface area contributed by atoms with Crippen LogP contribution in [0.3, 0.4) is 0 Å². The van der Waals surface area contributed by atoms with Crippen molar-refractivity contribution < 1.29 is 9.90 Å². The zero-order valence-electron chi connectivity index (χ0n) is 13.1. The lowest BCUT2D eigenvalue weighted by atomic mass is 10.00. The van der Waals surface area contributed by atoms with Crippen LogP contribution >= 0.6 is 0 Å². The van der Waals surface area contributed by atoms with Gasteiger partial charge in [0.05, 0.1) is 0 Å². The molecule has 6 nitrogen and oxygen atoms in total. The summed E-state index contributed by atoms with van der Waals surface area (Å²) in [5.74, 6) is -0.385. The maximum absolute atomic E-state index is 12.2. The van der Waals surface area contributed by atoms with Crippen LogP contribution in [0.2, 0.25) is 0 Å². The molecule has 1 unspecified atom stereocenters. The van der Waals surface area contributed by atoms with Gasteiger partial charge in [-0.1, -0.05) is 6.07 Å². The van der Waals surface area contributed by atoms with Crippen LogP contribution in [-0.4, -0.2) is 40.1 Å². The Kier molecular flexibility index (Phi) is 6.57. The molecular formula is C17H22N4O2. The van der Waals surface area contributed by atoms with Gasteiger partial charge >= 0.3 is 0 Å². The molecule has 1 fully saturated rings. The first-order valence-electron chi connectivity index (χ1n) is 7.90. The van der Waals surface area contributed by atoms with Crippen LogP contribution in [0.5, 0.6) is 0 Å². The van der Waals surface area contributed by atoms with Crippen LogP contribution < -0.4 is 5.32 Å². The highest BCUT2D eigenvalue weighted by molar-refractivity contribution is 5.97. The van der Waals surface area contributed by atoms with Crippen molar-refractivity contribution in [1.29, 1.82) is 5.26 Å². The number of likely N-dealkylation sites (tertiary alicyclic amines) is 1. The maximum Gasteiger partial charge on any atom is 0.263 e. The van der Waals surface area contributed by atoms with Crippen molar-refractivity contribution in [2.75, 3.05) is 13.2 Å². The van der Waals surface area contributed by atoms with E-state index in [4.69, 9.17) is 5.11 Å². The van der Waals surface area contributed by atoms with Crippen LogP contribution in [-0.2, 0) is 11.3 Å². The number of carbonyl (C=O) groups is 1. The highest BCUT2D eigenvalue weighted by Gasteiger charge is 2.21. The van der Waals surface area contributed by atoms with Crippen molar-refractivity contribution in [3.63, 3.8) is 0 Å². The Morgan fingerprint density at radius 3 is 3.13 bits per heavy atom. The third kappa shape index (κ3) is 5.08. The summed E-state index contributed by atoms with van der Waals surface area (Å²) in [5, 5.41) is 21.2. The van der Waals surface area contributed by atoms with Crippen molar-refractivity contribution in [2.45, 2.75) is 38.3 Å². The minimum Gasteiger partial charge on any atom is -0.396 e. The van der Waals surface area contributed by atoms with E-state index in [1.807, 2.05) is 17.0 Å². The van der Waals surface area contributed by atoms with Gasteiger partial charge in [0.15, 0.2) is 0 Å². The molecule has 0 radical (unpaired) electrons. The molecule has 1 aliphatic heterocycles. The Hall–Kier alpha value is -2.39. The maximum atomic E-state index is 12.2. The van der Waals surface area contributed by atoms with Gasteiger partial charge in [-0.05, 0) is 37.3 Å². The molecule has 1 saturated heterocycles. The molecule has 2 heterocycles. The largest absolute Gasteiger partial charge is 0.396 e. The van der Waals surface area contributed by atoms with Gasteiger partial charge in [-0.3, -0.25) is 9.78 Å². The van der Waals surface area contributed by atoms with E-state index in [0.29, 0.717) is 13.0 Å². The fourth-order valence-electron chi connectivity index (χ4n) is 2.74. The molecule has 1 aliphatic rings. The summed E-state index contributed by atoms with van der Waals surface area (Å²) < 4.78 is 0. The Bertz CT molecular complexity index is 578. The topological polar surface area (TPSA) is 89.3 Å². The Labute approximate surface area is 136 Å². The van der Waals surface area contributed by atoms with Crippen LogP contribution in [0.25, 0.3) is 0 Å². The van der Waals surface area contributed by atoms with E-state index in [-0.39, 0.29) is 24.1 Å². The summed E-state index contributed by atoms with van der Waals surface area (Å²) in [4.78, 5) is 18.2. The molecule has 0 saturated carbocycles. The molecule has 1 aromatic rings. The van der Waals surface area contributed by atoms with E-state index in [1.54, 1.807) is 24.7 Å². The normalized spacial score (nSPS) is 18.3. The van der Waals surface area contributed by atoms with Gasteiger partial charge in [0, 0.05) is 44.3 Å². The minimum atomic E-state index is -0.385. The number of aliphatic hydroxyl groups is 1. The molecule has 2 N–H and O–H groups in total. The second-order valence-corrected chi connectivity index (χ2v) is 5.60. The van der Waals surface area contributed by atoms with E-state index in [2.05, 4.69) is 10.3 Å². The average molecular weight is 314 g/mol. The lowest BCUT2D eigenvalue weighted by molar-refractivity contribution is -0.117. The standard InChI is InChI=1S/C17H22N4O2/c18-10-15(13-21-8-2-1-5-16(21)6-9-22)17(23)20-12-14-4-3-7-19-11-14/h3-4,7,11,13,16,22H,1-2,5-6,8-9,12H2,(H,20,23)/b15-13-. The molecule has 122 valence electrons. The first-order chi connectivity index (χ1) is 11.2. The Balaban J connectivity index is 1.99. The number of nitrogens with one attached hydrogen (secondary N) is 1. The highest BCUT2D eigenvalue weighted by atomic mass is 16.3. The van der Waals surface area contributed by atoms with E-state index in [1.165, 1.54) is 0 Å². The number of pyridine rings is 1. The number of aliphatic hydroxyl groups excluding tert-OH is 1. The Morgan fingerprint density at radius 2 is 2.43 bits per heavy atom. The average Bonchev–Trinajstić information content (AvgIpc) is 2.60. The minimum absolute atomic E-state index is 0.0960. The van der Waals surface area contributed by atoms with Crippen molar-refractivity contribution >= 4 is 5.91 Å². The molecule has 2 rings (SSSR count). The van der Waals surface area contributed by atoms with Crippen LogP contribution in [0.1, 0.15) is 31.2 Å². The van der Waals surface area contributed by atoms with Gasteiger partial charge in [0.1, 0.15) is 11.6 Å². The number of carbonyl (C=O) groups excluding carboxylic acids is 1. The predicted molar refractivity (Wildman–Crippen MR) is 85.8 cm³/mol. The summed E-state index contributed by atoms with van der Waals surface area (Å²) in [7, 11) is 0. The van der Waals surface area contributed by atoms with E-state index < -0.39 is 0 Å². The molecule has 0 aromatic carbocycles. The molecular weight excluding hydrogens is 292 g/mol. The number of hydrogen-bond acceptors (Lipinski definition) is 5. The molecule has 1 amide bonds. The molecule has 0 aliphatic carbocycles. The highest BCUT2D eigenvalue weighted by Crippen LogP contribution is 2.20. The van der Waals surface area contributed by atoms with Gasteiger partial charge in [-0.15, -0.1) is 0 Å². The van der Waals surface area contributed by atoms with Crippen LogP contribution in [0.4, 0.5) is 0 Å². The number of nitriles is 1. The molecule has 1 atom stereocenters.